The highest BCUT2D eigenvalue weighted by atomic mass is 16.2. The summed E-state index contributed by atoms with van der Waals surface area (Å²) in [5, 5.41) is 18.7. The lowest BCUT2D eigenvalue weighted by atomic mass is 9.81. The lowest BCUT2D eigenvalue weighted by Crippen LogP contribution is -2.41. The van der Waals surface area contributed by atoms with Crippen LogP contribution in [-0.2, 0) is 0 Å². The second kappa shape index (κ2) is 3.76. The second-order valence-electron chi connectivity index (χ2n) is 4.27. The van der Waals surface area contributed by atoms with Gasteiger partial charge < -0.3 is 9.83 Å². The summed E-state index contributed by atoms with van der Waals surface area (Å²) in [7, 11) is -0.495. The topological polar surface area (TPSA) is 47.3 Å². The molecule has 1 N–H and O–H groups in total. The van der Waals surface area contributed by atoms with Crippen molar-refractivity contribution in [2.75, 3.05) is 6.54 Å². The molecule has 1 fully saturated rings. The summed E-state index contributed by atoms with van der Waals surface area (Å²) in [5.74, 6) is 0.999. The Morgan fingerprint density at radius 3 is 2.86 bits per heavy atom. The number of hydrogen-bond donors (Lipinski definition) is 1. The zero-order valence-electron chi connectivity index (χ0n) is 8.43. The lowest BCUT2D eigenvalue weighted by molar-refractivity contribution is 0.351. The Balaban J connectivity index is 2.17. The van der Waals surface area contributed by atoms with Crippen molar-refractivity contribution in [2.24, 2.45) is 11.8 Å². The van der Waals surface area contributed by atoms with Crippen LogP contribution in [0.1, 0.15) is 12.8 Å². The van der Waals surface area contributed by atoms with Crippen molar-refractivity contribution >= 4 is 7.05 Å². The van der Waals surface area contributed by atoms with Gasteiger partial charge in [-0.25, -0.2) is 0 Å². The Kier molecular flexibility index (Phi) is 2.62. The van der Waals surface area contributed by atoms with Crippen LogP contribution in [0.2, 0.25) is 6.82 Å². The van der Waals surface area contributed by atoms with Gasteiger partial charge in [-0.3, -0.25) is 0 Å². The molecule has 1 aliphatic heterocycles. The van der Waals surface area contributed by atoms with Crippen LogP contribution < -0.4 is 0 Å². The zero-order valence-corrected chi connectivity index (χ0v) is 8.43. The molecule has 0 aromatic heterocycles. The predicted molar refractivity (Wildman–Crippen MR) is 55.3 cm³/mol. The molecule has 1 unspecified atom stereocenters. The quantitative estimate of drug-likeness (QED) is 0.493. The number of nitrogens with zero attached hydrogens (tertiary/aromatic N) is 2. The van der Waals surface area contributed by atoms with Gasteiger partial charge in [0.2, 0.25) is 0 Å². The molecule has 0 spiro atoms. The van der Waals surface area contributed by atoms with E-state index < -0.39 is 7.05 Å². The van der Waals surface area contributed by atoms with Crippen molar-refractivity contribution in [3.63, 3.8) is 0 Å². The van der Waals surface area contributed by atoms with Crippen molar-refractivity contribution in [2.45, 2.75) is 25.7 Å². The van der Waals surface area contributed by atoms with Crippen LogP contribution in [0.15, 0.2) is 12.2 Å². The molecule has 0 bridgehead atoms. The first-order valence-electron chi connectivity index (χ1n) is 5.22. The van der Waals surface area contributed by atoms with Gasteiger partial charge in [-0.15, -0.1) is 0 Å². The minimum Gasteiger partial charge on any atom is -0.437 e. The first-order valence-corrected chi connectivity index (χ1v) is 5.22. The van der Waals surface area contributed by atoms with Gasteiger partial charge in [0.25, 0.3) is 0 Å². The maximum absolute atomic E-state index is 9.56. The largest absolute Gasteiger partial charge is 0.437 e. The summed E-state index contributed by atoms with van der Waals surface area (Å²) in [4.78, 5) is 1.92. The lowest BCUT2D eigenvalue weighted by Gasteiger charge is -2.23. The van der Waals surface area contributed by atoms with Gasteiger partial charge in [-0.05, 0) is 38.0 Å². The van der Waals surface area contributed by atoms with Crippen LogP contribution in [0.25, 0.3) is 0 Å². The van der Waals surface area contributed by atoms with Gasteiger partial charge in [0.1, 0.15) is 0 Å². The molecule has 14 heavy (non-hydrogen) atoms. The summed E-state index contributed by atoms with van der Waals surface area (Å²) in [6, 6.07) is 2.23. The van der Waals surface area contributed by atoms with E-state index >= 15 is 0 Å². The molecule has 3 nitrogen and oxygen atoms in total. The standard InChI is InChI=1S/C10H15BN2O/c1-11(14)13-7-8-4-2-3-5-9(8)10(13)6-12/h2-3,8-10,14H,4-5,7H2,1H3/t8-,9-,10?/m0/s1. The van der Waals surface area contributed by atoms with Crippen molar-refractivity contribution in [1.29, 1.82) is 5.26 Å². The highest BCUT2D eigenvalue weighted by Crippen LogP contribution is 2.37. The van der Waals surface area contributed by atoms with E-state index in [0.29, 0.717) is 11.8 Å². The first kappa shape index (κ1) is 9.76. The van der Waals surface area contributed by atoms with Crippen LogP contribution >= 0.6 is 0 Å². The summed E-state index contributed by atoms with van der Waals surface area (Å²) in [6.07, 6.45) is 6.41. The van der Waals surface area contributed by atoms with Crippen molar-refractivity contribution in [3.8, 4) is 6.07 Å². The van der Waals surface area contributed by atoms with E-state index in [-0.39, 0.29) is 6.04 Å². The fourth-order valence-corrected chi connectivity index (χ4v) is 2.67. The first-order chi connectivity index (χ1) is 6.74. The van der Waals surface area contributed by atoms with Crippen molar-refractivity contribution in [3.05, 3.63) is 12.2 Å². The minimum atomic E-state index is -0.495. The number of rotatable bonds is 1. The Morgan fingerprint density at radius 1 is 1.50 bits per heavy atom. The summed E-state index contributed by atoms with van der Waals surface area (Å²) >= 11 is 0. The molecule has 4 heteroatoms. The summed E-state index contributed by atoms with van der Waals surface area (Å²) < 4.78 is 0. The molecule has 1 saturated heterocycles. The fourth-order valence-electron chi connectivity index (χ4n) is 2.67. The molecule has 0 amide bonds. The van der Waals surface area contributed by atoms with Crippen LogP contribution in [-0.4, -0.2) is 29.5 Å². The Labute approximate surface area is 85.1 Å². The van der Waals surface area contributed by atoms with Gasteiger partial charge in [-0.1, -0.05) is 12.2 Å². The van der Waals surface area contributed by atoms with Gasteiger partial charge in [0.05, 0.1) is 12.1 Å². The Hall–Kier alpha value is -0.785. The Morgan fingerprint density at radius 2 is 2.21 bits per heavy atom. The summed E-state index contributed by atoms with van der Waals surface area (Å²) in [6.45, 7) is 2.61. The second-order valence-corrected chi connectivity index (χ2v) is 4.27. The molecule has 2 rings (SSSR count). The normalized spacial score (nSPS) is 36.5. The van der Waals surface area contributed by atoms with Gasteiger partial charge in [0.15, 0.2) is 0 Å². The van der Waals surface area contributed by atoms with E-state index in [1.807, 2.05) is 4.81 Å². The molecule has 3 atom stereocenters. The molecule has 1 aliphatic carbocycles. The van der Waals surface area contributed by atoms with Crippen LogP contribution in [0.5, 0.6) is 0 Å². The van der Waals surface area contributed by atoms with E-state index in [2.05, 4.69) is 18.2 Å². The monoisotopic (exact) mass is 190 g/mol. The molecule has 0 saturated carbocycles. The molecule has 0 aromatic carbocycles. The van der Waals surface area contributed by atoms with Crippen molar-refractivity contribution < 1.29 is 5.02 Å². The van der Waals surface area contributed by atoms with Crippen LogP contribution in [0.3, 0.4) is 0 Å². The van der Waals surface area contributed by atoms with Gasteiger partial charge in [-0.2, -0.15) is 5.26 Å². The molecule has 1 heterocycles. The van der Waals surface area contributed by atoms with E-state index in [9.17, 15) is 5.02 Å². The highest BCUT2D eigenvalue weighted by Gasteiger charge is 2.43. The third kappa shape index (κ3) is 1.47. The number of allylic oxidation sites excluding steroid dienone is 2. The molecule has 74 valence electrons. The van der Waals surface area contributed by atoms with Crippen LogP contribution in [0.4, 0.5) is 0 Å². The molecule has 0 aromatic rings. The average Bonchev–Trinajstić information content (AvgIpc) is 2.56. The van der Waals surface area contributed by atoms with E-state index in [0.717, 1.165) is 19.4 Å². The maximum Gasteiger partial charge on any atom is 0.377 e. The SMILES string of the molecule is CB(O)N1C[C@@H]2CC=CC[C@@H]2C1C#N. The fraction of sp³-hybridized carbons (Fsp3) is 0.700. The van der Waals surface area contributed by atoms with E-state index in [1.54, 1.807) is 6.82 Å². The molecular formula is C10H15BN2O. The molecule has 2 aliphatic rings. The highest BCUT2D eigenvalue weighted by molar-refractivity contribution is 6.45. The molecular weight excluding hydrogens is 175 g/mol. The maximum atomic E-state index is 9.56. The van der Waals surface area contributed by atoms with Crippen molar-refractivity contribution in [1.82, 2.24) is 4.81 Å². The number of fused-ring (bicyclic) bond motifs is 1. The van der Waals surface area contributed by atoms with E-state index in [1.165, 1.54) is 0 Å². The third-order valence-corrected chi connectivity index (χ3v) is 3.44. The average molecular weight is 190 g/mol. The number of hydrogen-bond acceptors (Lipinski definition) is 3. The van der Waals surface area contributed by atoms with Gasteiger partial charge >= 0.3 is 7.05 Å². The van der Waals surface area contributed by atoms with E-state index in [4.69, 9.17) is 5.26 Å². The van der Waals surface area contributed by atoms with Gasteiger partial charge in [0, 0.05) is 0 Å². The third-order valence-electron chi connectivity index (χ3n) is 3.44. The molecule has 0 radical (unpaired) electrons. The smallest absolute Gasteiger partial charge is 0.377 e. The zero-order chi connectivity index (χ0) is 10.1. The minimum absolute atomic E-state index is 0.0926. The Bertz CT molecular complexity index is 284. The number of nitriles is 1. The van der Waals surface area contributed by atoms with Crippen LogP contribution in [0, 0.1) is 23.2 Å². The predicted octanol–water partition coefficient (Wildman–Crippen LogP) is 0.887. The summed E-state index contributed by atoms with van der Waals surface area (Å²) in [5.41, 5.74) is 0.